The quantitative estimate of drug-likeness (QED) is 0.332. The standard InChI is InChI=1S/C29H32N2O4/c1-4-6-17-34-27-16-13-21(18-28(27)32-3)29-31-25(23-9-7-8-10-26(23)35-29)19-24(30-31)20-11-14-22(15-12-20)33-5-2/h7-16,18,25,29H,4-6,17,19H2,1-3H3/t25-,29-/m0/s1. The highest BCUT2D eigenvalue weighted by atomic mass is 16.5. The summed E-state index contributed by atoms with van der Waals surface area (Å²) in [5.74, 6) is 3.21. The molecule has 0 aliphatic carbocycles. The van der Waals surface area contributed by atoms with Gasteiger partial charge in [0.2, 0.25) is 6.23 Å². The van der Waals surface area contributed by atoms with Crippen molar-refractivity contribution in [2.24, 2.45) is 5.10 Å². The van der Waals surface area contributed by atoms with Gasteiger partial charge in [0.15, 0.2) is 11.5 Å². The zero-order valence-corrected chi connectivity index (χ0v) is 20.6. The lowest BCUT2D eigenvalue weighted by Gasteiger charge is -2.38. The van der Waals surface area contributed by atoms with Crippen molar-refractivity contribution >= 4 is 5.71 Å². The number of nitrogens with zero attached hydrogens (tertiary/aromatic N) is 2. The molecule has 182 valence electrons. The Kier molecular flexibility index (Phi) is 6.80. The average molecular weight is 473 g/mol. The van der Waals surface area contributed by atoms with Crippen LogP contribution >= 0.6 is 0 Å². The lowest BCUT2D eigenvalue weighted by Crippen LogP contribution is -2.33. The van der Waals surface area contributed by atoms with Crippen LogP contribution in [-0.2, 0) is 0 Å². The lowest BCUT2D eigenvalue weighted by atomic mass is 9.96. The molecule has 0 amide bonds. The zero-order valence-electron chi connectivity index (χ0n) is 20.6. The third-order valence-electron chi connectivity index (χ3n) is 6.43. The molecule has 3 aromatic carbocycles. The van der Waals surface area contributed by atoms with E-state index in [0.717, 1.165) is 58.9 Å². The van der Waals surface area contributed by atoms with Crippen molar-refractivity contribution in [3.8, 4) is 23.0 Å². The SMILES string of the molecule is CCCCOc1ccc([C@@H]2Oc3ccccc3[C@@H]3CC(c4ccc(OCC)cc4)=NN32)cc1OC. The molecule has 0 radical (unpaired) electrons. The fourth-order valence-corrected chi connectivity index (χ4v) is 4.62. The summed E-state index contributed by atoms with van der Waals surface area (Å²) in [4.78, 5) is 0. The Morgan fingerprint density at radius 2 is 1.80 bits per heavy atom. The first kappa shape index (κ1) is 23.1. The lowest BCUT2D eigenvalue weighted by molar-refractivity contribution is -0.0191. The maximum absolute atomic E-state index is 6.51. The molecular weight excluding hydrogens is 440 g/mol. The molecule has 0 bridgehead atoms. The van der Waals surface area contributed by atoms with Crippen LogP contribution in [0.3, 0.4) is 0 Å². The Morgan fingerprint density at radius 3 is 2.57 bits per heavy atom. The molecule has 0 aromatic heterocycles. The third-order valence-corrected chi connectivity index (χ3v) is 6.43. The van der Waals surface area contributed by atoms with Crippen molar-refractivity contribution in [3.63, 3.8) is 0 Å². The number of hydrogen-bond acceptors (Lipinski definition) is 6. The Labute approximate surface area is 207 Å². The number of methoxy groups -OCH3 is 1. The summed E-state index contributed by atoms with van der Waals surface area (Å²) in [6.45, 7) is 5.46. The highest BCUT2D eigenvalue weighted by Crippen LogP contribution is 2.48. The molecule has 2 heterocycles. The number of rotatable bonds is 9. The Balaban J connectivity index is 1.48. The fraction of sp³-hybridized carbons (Fsp3) is 0.345. The van der Waals surface area contributed by atoms with Gasteiger partial charge in [-0.05, 0) is 67.4 Å². The Morgan fingerprint density at radius 1 is 0.971 bits per heavy atom. The van der Waals surface area contributed by atoms with Gasteiger partial charge < -0.3 is 18.9 Å². The summed E-state index contributed by atoms with van der Waals surface area (Å²) < 4.78 is 23.7. The van der Waals surface area contributed by atoms with Crippen LogP contribution < -0.4 is 18.9 Å². The molecule has 0 spiro atoms. The number of hydrazone groups is 1. The number of unbranched alkanes of at least 4 members (excludes halogenated alkanes) is 1. The smallest absolute Gasteiger partial charge is 0.214 e. The van der Waals surface area contributed by atoms with E-state index in [-0.39, 0.29) is 12.3 Å². The van der Waals surface area contributed by atoms with E-state index in [2.05, 4.69) is 36.2 Å². The van der Waals surface area contributed by atoms with Crippen molar-refractivity contribution in [1.82, 2.24) is 5.01 Å². The Hall–Kier alpha value is -3.67. The van der Waals surface area contributed by atoms with Crippen LogP contribution in [0.15, 0.2) is 71.8 Å². The van der Waals surface area contributed by atoms with Crippen molar-refractivity contribution in [1.29, 1.82) is 0 Å². The van der Waals surface area contributed by atoms with Crippen LogP contribution in [0.25, 0.3) is 0 Å². The van der Waals surface area contributed by atoms with Crippen LogP contribution in [0.5, 0.6) is 23.0 Å². The number of para-hydroxylation sites is 1. The van der Waals surface area contributed by atoms with E-state index in [1.54, 1.807) is 7.11 Å². The van der Waals surface area contributed by atoms with Crippen molar-refractivity contribution in [2.45, 2.75) is 45.4 Å². The van der Waals surface area contributed by atoms with Gasteiger partial charge in [-0.3, -0.25) is 0 Å². The topological polar surface area (TPSA) is 52.5 Å². The normalized spacial score (nSPS) is 18.3. The molecule has 0 unspecified atom stereocenters. The van der Waals surface area contributed by atoms with Crippen molar-refractivity contribution in [3.05, 3.63) is 83.4 Å². The molecule has 0 N–H and O–H groups in total. The number of fused-ring (bicyclic) bond motifs is 3. The molecule has 0 saturated heterocycles. The highest BCUT2D eigenvalue weighted by Gasteiger charge is 2.41. The first-order valence-corrected chi connectivity index (χ1v) is 12.4. The summed E-state index contributed by atoms with van der Waals surface area (Å²) in [5.41, 5.74) is 4.26. The molecule has 35 heavy (non-hydrogen) atoms. The van der Waals surface area contributed by atoms with Crippen LogP contribution in [0.1, 0.15) is 62.1 Å². The molecule has 2 aliphatic rings. The van der Waals surface area contributed by atoms with Gasteiger partial charge in [-0.2, -0.15) is 5.10 Å². The molecular formula is C29H32N2O4. The van der Waals surface area contributed by atoms with Crippen LogP contribution in [0.2, 0.25) is 0 Å². The first-order valence-electron chi connectivity index (χ1n) is 12.4. The predicted molar refractivity (Wildman–Crippen MR) is 137 cm³/mol. The molecule has 0 fully saturated rings. The molecule has 2 aliphatic heterocycles. The van der Waals surface area contributed by atoms with E-state index < -0.39 is 0 Å². The van der Waals surface area contributed by atoms with Crippen LogP contribution in [0, 0.1) is 0 Å². The maximum Gasteiger partial charge on any atom is 0.214 e. The largest absolute Gasteiger partial charge is 0.494 e. The van der Waals surface area contributed by atoms with Gasteiger partial charge >= 0.3 is 0 Å². The predicted octanol–water partition coefficient (Wildman–Crippen LogP) is 6.52. The summed E-state index contributed by atoms with van der Waals surface area (Å²) >= 11 is 0. The van der Waals surface area contributed by atoms with Crippen molar-refractivity contribution in [2.75, 3.05) is 20.3 Å². The van der Waals surface area contributed by atoms with Gasteiger partial charge in [-0.25, -0.2) is 5.01 Å². The van der Waals surface area contributed by atoms with Gasteiger partial charge in [-0.1, -0.05) is 31.5 Å². The second kappa shape index (κ2) is 10.3. The molecule has 6 heteroatoms. The molecule has 0 saturated carbocycles. The van der Waals surface area contributed by atoms with Gasteiger partial charge in [0.1, 0.15) is 11.5 Å². The van der Waals surface area contributed by atoms with E-state index in [1.807, 2.05) is 49.4 Å². The number of hydrogen-bond donors (Lipinski definition) is 0. The van der Waals surface area contributed by atoms with E-state index in [1.165, 1.54) is 0 Å². The van der Waals surface area contributed by atoms with Crippen molar-refractivity contribution < 1.29 is 18.9 Å². The minimum atomic E-state index is -0.367. The highest BCUT2D eigenvalue weighted by molar-refractivity contribution is 6.02. The van der Waals surface area contributed by atoms with E-state index in [9.17, 15) is 0 Å². The maximum atomic E-state index is 6.51. The molecule has 3 aromatic rings. The van der Waals surface area contributed by atoms with Gasteiger partial charge in [0.25, 0.3) is 0 Å². The monoisotopic (exact) mass is 472 g/mol. The third kappa shape index (κ3) is 4.65. The first-order chi connectivity index (χ1) is 17.2. The van der Waals surface area contributed by atoms with Gasteiger partial charge in [0, 0.05) is 17.5 Å². The molecule has 6 nitrogen and oxygen atoms in total. The van der Waals surface area contributed by atoms with E-state index in [4.69, 9.17) is 24.0 Å². The van der Waals surface area contributed by atoms with Gasteiger partial charge in [0.05, 0.1) is 32.1 Å². The summed E-state index contributed by atoms with van der Waals surface area (Å²) in [6.07, 6.45) is 2.53. The minimum Gasteiger partial charge on any atom is -0.494 e. The number of ether oxygens (including phenoxy) is 4. The van der Waals surface area contributed by atoms with E-state index >= 15 is 0 Å². The summed E-state index contributed by atoms with van der Waals surface area (Å²) in [5, 5.41) is 7.15. The Bertz CT molecular complexity index is 1190. The molecule has 2 atom stereocenters. The second-order valence-electron chi connectivity index (χ2n) is 8.72. The molecule has 5 rings (SSSR count). The fourth-order valence-electron chi connectivity index (χ4n) is 4.62. The van der Waals surface area contributed by atoms with E-state index in [0.29, 0.717) is 19.0 Å². The second-order valence-corrected chi connectivity index (χ2v) is 8.72. The summed E-state index contributed by atoms with van der Waals surface area (Å²) in [7, 11) is 1.67. The van der Waals surface area contributed by atoms with Gasteiger partial charge in [-0.15, -0.1) is 0 Å². The average Bonchev–Trinajstić information content (AvgIpc) is 3.35. The number of benzene rings is 3. The van der Waals surface area contributed by atoms with Crippen LogP contribution in [0.4, 0.5) is 0 Å². The minimum absolute atomic E-state index is 0.0954. The summed E-state index contributed by atoms with van der Waals surface area (Å²) in [6, 6.07) is 22.5. The zero-order chi connectivity index (χ0) is 24.2. The van der Waals surface area contributed by atoms with Crippen LogP contribution in [-0.4, -0.2) is 31.0 Å².